The van der Waals surface area contributed by atoms with E-state index in [9.17, 15) is 5.26 Å². The van der Waals surface area contributed by atoms with Crippen molar-refractivity contribution >= 4 is 41.5 Å². The molecule has 0 amide bonds. The van der Waals surface area contributed by atoms with Crippen molar-refractivity contribution in [3.63, 3.8) is 0 Å². The van der Waals surface area contributed by atoms with Crippen molar-refractivity contribution in [2.45, 2.75) is 50.9 Å². The summed E-state index contributed by atoms with van der Waals surface area (Å²) in [6.45, 7) is 6.34. The number of nitriles is 1. The molecule has 0 bridgehead atoms. The minimum atomic E-state index is -1.72. The summed E-state index contributed by atoms with van der Waals surface area (Å²) in [4.78, 5) is 10.7. The van der Waals surface area contributed by atoms with Gasteiger partial charge in [0, 0.05) is 4.88 Å². The second-order valence-corrected chi connectivity index (χ2v) is 12.5. The summed E-state index contributed by atoms with van der Waals surface area (Å²) in [5.74, 6) is 0.313. The van der Waals surface area contributed by atoms with Gasteiger partial charge in [0.15, 0.2) is 8.32 Å². The summed E-state index contributed by atoms with van der Waals surface area (Å²) in [6.07, 6.45) is 3.97. The van der Waals surface area contributed by atoms with Gasteiger partial charge in [-0.05, 0) is 50.4 Å². The van der Waals surface area contributed by atoms with Gasteiger partial charge in [-0.15, -0.1) is 11.3 Å². The van der Waals surface area contributed by atoms with Gasteiger partial charge in [0.1, 0.15) is 22.4 Å². The summed E-state index contributed by atoms with van der Waals surface area (Å²) >= 11 is 7.99. The van der Waals surface area contributed by atoms with Gasteiger partial charge in [0.05, 0.1) is 11.5 Å². The molecule has 2 atom stereocenters. The lowest BCUT2D eigenvalue weighted by Crippen LogP contribution is -2.32. The molecule has 1 aliphatic rings. The first-order valence-electron chi connectivity index (χ1n) is 7.38. The zero-order chi connectivity index (χ0) is 15.9. The van der Waals surface area contributed by atoms with Crippen LogP contribution in [0.25, 0.3) is 10.2 Å². The maximum absolute atomic E-state index is 9.42. The molecular formula is C15H18ClN3OSSi. The topological polar surface area (TPSA) is 58.8 Å². The lowest BCUT2D eigenvalue weighted by atomic mass is 9.95. The Kier molecular flexibility index (Phi) is 4.25. The fourth-order valence-electron chi connectivity index (χ4n) is 3.08. The monoisotopic (exact) mass is 351 g/mol. The first-order valence-corrected chi connectivity index (χ1v) is 12.0. The summed E-state index contributed by atoms with van der Waals surface area (Å²) in [7, 11) is -1.72. The van der Waals surface area contributed by atoms with Crippen LogP contribution in [0.3, 0.4) is 0 Å². The number of aromatic nitrogens is 2. The zero-order valence-corrected chi connectivity index (χ0v) is 15.5. The number of halogens is 1. The van der Waals surface area contributed by atoms with E-state index in [1.807, 2.05) is 0 Å². The van der Waals surface area contributed by atoms with Crippen molar-refractivity contribution in [1.29, 1.82) is 5.26 Å². The Morgan fingerprint density at radius 3 is 2.95 bits per heavy atom. The van der Waals surface area contributed by atoms with Gasteiger partial charge in [-0.25, -0.2) is 9.97 Å². The van der Waals surface area contributed by atoms with Gasteiger partial charge < -0.3 is 4.43 Å². The van der Waals surface area contributed by atoms with Gasteiger partial charge in [-0.2, -0.15) is 5.26 Å². The molecule has 2 aromatic rings. The Hall–Kier alpha value is -1.00. The molecule has 3 rings (SSSR count). The van der Waals surface area contributed by atoms with Gasteiger partial charge >= 0.3 is 0 Å². The van der Waals surface area contributed by atoms with Crippen LogP contribution < -0.4 is 0 Å². The van der Waals surface area contributed by atoms with Crippen LogP contribution in [0.15, 0.2) is 6.33 Å². The fraction of sp³-hybridized carbons (Fsp3) is 0.533. The van der Waals surface area contributed by atoms with E-state index in [1.165, 1.54) is 16.8 Å². The third-order valence-corrected chi connectivity index (χ3v) is 6.27. The SMILES string of the molecule is C[Si](C)(C)OC(C#N)C[C@H]1CCc2sc3ncnc(Cl)c3c21. The highest BCUT2D eigenvalue weighted by molar-refractivity contribution is 7.19. The Morgan fingerprint density at radius 2 is 2.27 bits per heavy atom. The summed E-state index contributed by atoms with van der Waals surface area (Å²) < 4.78 is 6.00. The van der Waals surface area contributed by atoms with Crippen LogP contribution in [0.4, 0.5) is 0 Å². The first kappa shape index (κ1) is 15.9. The van der Waals surface area contributed by atoms with E-state index in [1.54, 1.807) is 11.3 Å². The van der Waals surface area contributed by atoms with Crippen LogP contribution in [0.5, 0.6) is 0 Å². The largest absolute Gasteiger partial charge is 0.402 e. The van der Waals surface area contributed by atoms with Crippen molar-refractivity contribution in [3.05, 3.63) is 21.9 Å². The molecule has 2 heterocycles. The van der Waals surface area contributed by atoms with Crippen LogP contribution in [0.1, 0.15) is 29.2 Å². The molecule has 1 unspecified atom stereocenters. The standard InChI is InChI=1S/C15H18ClN3OSSi/c1-22(2,3)20-10(7-17)6-9-4-5-11-12(9)13-14(16)18-8-19-15(13)21-11/h8-10H,4-6H2,1-3H3/t9-,10?/m1/s1. The molecule has 0 spiro atoms. The molecule has 1 aliphatic carbocycles. The normalized spacial score (nSPS) is 19.1. The lowest BCUT2D eigenvalue weighted by Gasteiger charge is -2.24. The highest BCUT2D eigenvalue weighted by Crippen LogP contribution is 2.46. The number of hydrogen-bond donors (Lipinski definition) is 0. The summed E-state index contributed by atoms with van der Waals surface area (Å²) in [6, 6.07) is 2.32. The fourth-order valence-corrected chi connectivity index (χ4v) is 5.61. The number of thiophene rings is 1. The second-order valence-electron chi connectivity index (χ2n) is 6.60. The van der Waals surface area contributed by atoms with Crippen molar-refractivity contribution < 1.29 is 4.43 Å². The zero-order valence-electron chi connectivity index (χ0n) is 12.9. The number of rotatable bonds is 4. The molecule has 0 aromatic carbocycles. The van der Waals surface area contributed by atoms with Crippen molar-refractivity contribution in [2.75, 3.05) is 0 Å². The quantitative estimate of drug-likeness (QED) is 0.600. The molecule has 2 aromatic heterocycles. The van der Waals surface area contributed by atoms with E-state index in [2.05, 4.69) is 35.7 Å². The van der Waals surface area contributed by atoms with E-state index < -0.39 is 8.32 Å². The average molecular weight is 352 g/mol. The maximum atomic E-state index is 9.42. The molecule has 0 saturated heterocycles. The molecule has 0 fully saturated rings. The molecule has 22 heavy (non-hydrogen) atoms. The lowest BCUT2D eigenvalue weighted by molar-refractivity contribution is 0.226. The minimum absolute atomic E-state index is 0.313. The predicted octanol–water partition coefficient (Wildman–Crippen LogP) is 4.51. The molecule has 0 saturated carbocycles. The van der Waals surface area contributed by atoms with Crippen LogP contribution >= 0.6 is 22.9 Å². The molecule has 0 radical (unpaired) electrons. The van der Waals surface area contributed by atoms with Crippen LogP contribution in [0, 0.1) is 11.3 Å². The molecule has 116 valence electrons. The van der Waals surface area contributed by atoms with Gasteiger partial charge in [0.25, 0.3) is 0 Å². The average Bonchev–Trinajstić information content (AvgIpc) is 2.97. The highest BCUT2D eigenvalue weighted by Gasteiger charge is 2.32. The first-order chi connectivity index (χ1) is 10.4. The van der Waals surface area contributed by atoms with E-state index in [0.717, 1.165) is 29.5 Å². The molecule has 0 N–H and O–H groups in total. The smallest absolute Gasteiger partial charge is 0.185 e. The second kappa shape index (κ2) is 5.89. The Bertz CT molecular complexity index is 750. The molecule has 7 heteroatoms. The van der Waals surface area contributed by atoms with Gasteiger partial charge in [-0.3, -0.25) is 0 Å². The summed E-state index contributed by atoms with van der Waals surface area (Å²) in [5.41, 5.74) is 1.25. The van der Waals surface area contributed by atoms with E-state index in [-0.39, 0.29) is 6.10 Å². The Labute approximate surface area is 140 Å². The maximum Gasteiger partial charge on any atom is 0.185 e. The molecule has 0 aliphatic heterocycles. The number of aryl methyl sites for hydroxylation is 1. The van der Waals surface area contributed by atoms with Crippen LogP contribution in [0.2, 0.25) is 24.8 Å². The van der Waals surface area contributed by atoms with Crippen molar-refractivity contribution in [3.8, 4) is 6.07 Å². The van der Waals surface area contributed by atoms with E-state index >= 15 is 0 Å². The van der Waals surface area contributed by atoms with Crippen LogP contribution in [-0.4, -0.2) is 24.4 Å². The Balaban J connectivity index is 1.91. The van der Waals surface area contributed by atoms with Crippen LogP contribution in [-0.2, 0) is 10.8 Å². The van der Waals surface area contributed by atoms with E-state index in [4.69, 9.17) is 16.0 Å². The van der Waals surface area contributed by atoms with Gasteiger partial charge in [-0.1, -0.05) is 11.6 Å². The number of fused-ring (bicyclic) bond motifs is 3. The van der Waals surface area contributed by atoms with Gasteiger partial charge in [0.2, 0.25) is 0 Å². The molecule has 4 nitrogen and oxygen atoms in total. The number of hydrogen-bond acceptors (Lipinski definition) is 5. The Morgan fingerprint density at radius 1 is 1.50 bits per heavy atom. The third kappa shape index (κ3) is 3.04. The van der Waals surface area contributed by atoms with E-state index in [0.29, 0.717) is 11.1 Å². The third-order valence-electron chi connectivity index (χ3n) is 3.82. The predicted molar refractivity (Wildman–Crippen MR) is 91.9 cm³/mol. The minimum Gasteiger partial charge on any atom is -0.402 e. The molecular weight excluding hydrogens is 334 g/mol. The highest BCUT2D eigenvalue weighted by atomic mass is 35.5. The van der Waals surface area contributed by atoms with Crippen molar-refractivity contribution in [2.24, 2.45) is 0 Å². The number of nitrogens with zero attached hydrogens (tertiary/aromatic N) is 3. The van der Waals surface area contributed by atoms with Crippen molar-refractivity contribution in [1.82, 2.24) is 9.97 Å². The summed E-state index contributed by atoms with van der Waals surface area (Å²) in [5, 5.41) is 10.9.